The third kappa shape index (κ3) is 40.9. The molecule has 0 aromatic heterocycles. The van der Waals surface area contributed by atoms with Crippen molar-refractivity contribution in [3.05, 3.63) is 97.2 Å². The number of nitrogens with zero attached hydrogens (tertiary/aromatic N) is 1. The highest BCUT2D eigenvalue weighted by atomic mass is 31.2. The van der Waals surface area contributed by atoms with E-state index < -0.39 is 38.6 Å². The zero-order chi connectivity index (χ0) is 42.3. The minimum absolute atomic E-state index is 0.00118. The molecule has 0 fully saturated rings. The fourth-order valence-corrected chi connectivity index (χ4v) is 5.58. The number of allylic oxidation sites excluding steroid dienone is 14. The van der Waals surface area contributed by atoms with Crippen LogP contribution >= 0.6 is 7.82 Å². The van der Waals surface area contributed by atoms with Crippen molar-refractivity contribution in [2.24, 2.45) is 0 Å². The van der Waals surface area contributed by atoms with Crippen LogP contribution in [0, 0.1) is 0 Å². The van der Waals surface area contributed by atoms with Gasteiger partial charge in [-0.1, -0.05) is 124 Å². The van der Waals surface area contributed by atoms with Crippen LogP contribution in [0.4, 0.5) is 0 Å². The summed E-state index contributed by atoms with van der Waals surface area (Å²) < 4.78 is 34.1. The molecule has 1 unspecified atom stereocenters. The number of hydrogen-bond donors (Lipinski definition) is 2. The highest BCUT2D eigenvalue weighted by Gasteiger charge is 2.27. The van der Waals surface area contributed by atoms with Gasteiger partial charge in [-0.05, 0) is 83.5 Å². The van der Waals surface area contributed by atoms with Gasteiger partial charge >= 0.3 is 19.8 Å². The fourth-order valence-electron chi connectivity index (χ4n) is 4.84. The zero-order valence-electron chi connectivity index (χ0n) is 35.9. The summed E-state index contributed by atoms with van der Waals surface area (Å²) in [5.74, 6) is -0.967. The lowest BCUT2D eigenvalue weighted by molar-refractivity contribution is -0.870. The number of carbonyl (C=O) groups is 2. The molecule has 0 spiro atoms. The van der Waals surface area contributed by atoms with Gasteiger partial charge in [0.1, 0.15) is 19.8 Å². The molecule has 0 aromatic rings. The lowest BCUT2D eigenvalue weighted by Crippen LogP contribution is -2.37. The Morgan fingerprint density at radius 1 is 0.649 bits per heavy atom. The standard InChI is InChI=1S/C46H76NO9P/c1-6-8-10-12-14-15-16-17-18-19-20-21-25-30-34-38-46(50)56-44(42-55-57(51,52)54-40-39-47(3,4)5)41-53-45(49)37-33-29-26-22-24-28-32-36-43(48)35-31-27-23-13-11-9-7-2/h8,10,14-15,17-18,20-23,26-28,31-32,35,43-44,48H,6-7,9,11-13,16,19,24-25,29-30,33-34,36-42H2,1-5H3/p+1/b10-8-,15-14-,18-17-,21-20-,26-22+,27-23-,32-28-,35-31-/t43-,44-/m1/s1. The number of likely N-dealkylation sites (N-methyl/N-ethyl adjacent to an activating group) is 1. The van der Waals surface area contributed by atoms with E-state index in [4.69, 9.17) is 18.5 Å². The van der Waals surface area contributed by atoms with Crippen LogP contribution < -0.4 is 0 Å². The maximum absolute atomic E-state index is 12.7. The molecule has 0 radical (unpaired) electrons. The van der Waals surface area contributed by atoms with Crippen molar-refractivity contribution in [1.82, 2.24) is 0 Å². The number of quaternary nitrogens is 1. The number of unbranched alkanes of at least 4 members (excludes halogenated alkanes) is 6. The molecular weight excluding hydrogens is 741 g/mol. The third-order valence-electron chi connectivity index (χ3n) is 8.18. The van der Waals surface area contributed by atoms with Crippen molar-refractivity contribution in [2.75, 3.05) is 47.5 Å². The second kappa shape index (κ2) is 37.2. The molecule has 57 heavy (non-hydrogen) atoms. The van der Waals surface area contributed by atoms with E-state index in [1.807, 2.05) is 57.6 Å². The van der Waals surface area contributed by atoms with Crippen LogP contribution in [0.25, 0.3) is 0 Å². The molecule has 0 aliphatic carbocycles. The molecule has 0 aliphatic heterocycles. The number of aliphatic hydroxyl groups excluding tert-OH is 1. The van der Waals surface area contributed by atoms with Gasteiger partial charge in [0.2, 0.25) is 0 Å². The second-order valence-electron chi connectivity index (χ2n) is 14.8. The van der Waals surface area contributed by atoms with Gasteiger partial charge in [-0.2, -0.15) is 0 Å². The third-order valence-corrected chi connectivity index (χ3v) is 9.16. The lowest BCUT2D eigenvalue weighted by Gasteiger charge is -2.24. The Kier molecular flexibility index (Phi) is 35.2. The summed E-state index contributed by atoms with van der Waals surface area (Å²) >= 11 is 0. The molecule has 0 bridgehead atoms. The number of ether oxygens (including phenoxy) is 2. The molecule has 324 valence electrons. The average Bonchev–Trinajstić information content (AvgIpc) is 3.15. The summed E-state index contributed by atoms with van der Waals surface area (Å²) in [5, 5.41) is 10.1. The molecule has 11 heteroatoms. The first-order valence-corrected chi connectivity index (χ1v) is 22.6. The van der Waals surface area contributed by atoms with Gasteiger partial charge in [0, 0.05) is 12.8 Å². The first-order valence-electron chi connectivity index (χ1n) is 21.1. The van der Waals surface area contributed by atoms with Crippen LogP contribution in [0.15, 0.2) is 97.2 Å². The molecule has 0 rings (SSSR count). The molecule has 0 saturated heterocycles. The lowest BCUT2D eigenvalue weighted by atomic mass is 10.2. The van der Waals surface area contributed by atoms with Crippen molar-refractivity contribution in [3.8, 4) is 0 Å². The van der Waals surface area contributed by atoms with Gasteiger partial charge in [-0.25, -0.2) is 4.57 Å². The average molecular weight is 819 g/mol. The summed E-state index contributed by atoms with van der Waals surface area (Å²) in [6.45, 7) is 4.03. The van der Waals surface area contributed by atoms with E-state index in [-0.39, 0.29) is 26.1 Å². The Balaban J connectivity index is 4.63. The Hall–Kier alpha value is -3.11. The summed E-state index contributed by atoms with van der Waals surface area (Å²) in [4.78, 5) is 35.3. The number of carbonyl (C=O) groups excluding carboxylic acids is 2. The Bertz CT molecular complexity index is 1310. The van der Waals surface area contributed by atoms with Crippen molar-refractivity contribution in [1.29, 1.82) is 0 Å². The van der Waals surface area contributed by atoms with Crippen LogP contribution in [-0.4, -0.2) is 86.1 Å². The summed E-state index contributed by atoms with van der Waals surface area (Å²) in [6, 6.07) is 0. The Morgan fingerprint density at radius 3 is 1.84 bits per heavy atom. The molecule has 0 aliphatic rings. The summed E-state index contributed by atoms with van der Waals surface area (Å²) in [5.41, 5.74) is 0. The molecule has 0 saturated carbocycles. The molecule has 3 atom stereocenters. The molecule has 0 heterocycles. The first kappa shape index (κ1) is 53.9. The van der Waals surface area contributed by atoms with E-state index in [0.717, 1.165) is 51.4 Å². The summed E-state index contributed by atoms with van der Waals surface area (Å²) in [6.07, 6.45) is 44.9. The highest BCUT2D eigenvalue weighted by Crippen LogP contribution is 2.43. The van der Waals surface area contributed by atoms with E-state index in [0.29, 0.717) is 36.7 Å². The Labute approximate surface area is 346 Å². The van der Waals surface area contributed by atoms with Gasteiger partial charge in [0.15, 0.2) is 6.10 Å². The fraction of sp³-hybridized carbons (Fsp3) is 0.609. The Morgan fingerprint density at radius 2 is 1.21 bits per heavy atom. The number of aliphatic hydroxyl groups is 1. The molecule has 0 amide bonds. The quantitative estimate of drug-likeness (QED) is 0.0159. The van der Waals surface area contributed by atoms with Gasteiger partial charge < -0.3 is 24.0 Å². The van der Waals surface area contributed by atoms with Crippen LogP contribution in [-0.2, 0) is 32.7 Å². The van der Waals surface area contributed by atoms with Gasteiger partial charge in [0.25, 0.3) is 0 Å². The number of esters is 2. The van der Waals surface area contributed by atoms with Crippen LogP contribution in [0.2, 0.25) is 0 Å². The minimum atomic E-state index is -4.42. The maximum atomic E-state index is 12.7. The number of phosphoric ester groups is 1. The predicted molar refractivity (Wildman–Crippen MR) is 234 cm³/mol. The second-order valence-corrected chi connectivity index (χ2v) is 16.3. The van der Waals surface area contributed by atoms with Crippen LogP contribution in [0.3, 0.4) is 0 Å². The van der Waals surface area contributed by atoms with Crippen LogP contribution in [0.1, 0.15) is 123 Å². The van der Waals surface area contributed by atoms with E-state index in [9.17, 15) is 24.2 Å². The minimum Gasteiger partial charge on any atom is -0.462 e. The highest BCUT2D eigenvalue weighted by molar-refractivity contribution is 7.47. The monoisotopic (exact) mass is 819 g/mol. The number of rotatable bonds is 36. The van der Waals surface area contributed by atoms with Crippen molar-refractivity contribution in [2.45, 2.75) is 135 Å². The number of hydrogen-bond acceptors (Lipinski definition) is 8. The van der Waals surface area contributed by atoms with Crippen molar-refractivity contribution < 1.29 is 47.2 Å². The topological polar surface area (TPSA) is 129 Å². The van der Waals surface area contributed by atoms with Gasteiger partial charge in [-0.3, -0.25) is 18.6 Å². The van der Waals surface area contributed by atoms with Gasteiger partial charge in [0.05, 0.1) is 33.9 Å². The SMILES string of the molecule is CC/C=C\C/C=C\C/C=C\C/C=C\CCCCC(=O)O[C@H](COC(=O)CCC/C=C/C/C=C\C[C@H](O)/C=C\C=C/CCCCC)COP(=O)(O)OCC[N+](C)(C)C. The smallest absolute Gasteiger partial charge is 0.462 e. The van der Waals surface area contributed by atoms with Crippen molar-refractivity contribution in [3.63, 3.8) is 0 Å². The predicted octanol–water partition coefficient (Wildman–Crippen LogP) is 10.8. The normalized spacial score (nSPS) is 15.1. The number of phosphoric acid groups is 1. The van der Waals surface area contributed by atoms with Crippen LogP contribution in [0.5, 0.6) is 0 Å². The van der Waals surface area contributed by atoms with E-state index in [2.05, 4.69) is 68.5 Å². The van der Waals surface area contributed by atoms with E-state index >= 15 is 0 Å². The summed E-state index contributed by atoms with van der Waals surface area (Å²) in [7, 11) is 1.36. The molecule has 10 nitrogen and oxygen atoms in total. The molecule has 0 aromatic carbocycles. The maximum Gasteiger partial charge on any atom is 0.472 e. The van der Waals surface area contributed by atoms with E-state index in [1.54, 1.807) is 6.08 Å². The first-order chi connectivity index (χ1) is 27.4. The largest absolute Gasteiger partial charge is 0.472 e. The van der Waals surface area contributed by atoms with Crippen molar-refractivity contribution >= 4 is 19.8 Å². The molecular formula is C46H77NO9P+. The zero-order valence-corrected chi connectivity index (χ0v) is 36.8. The van der Waals surface area contributed by atoms with Gasteiger partial charge in [-0.15, -0.1) is 0 Å². The molecule has 2 N–H and O–H groups in total. The van der Waals surface area contributed by atoms with E-state index in [1.165, 1.54) is 19.3 Å².